The average molecular weight is 392 g/mol. The molecule has 0 unspecified atom stereocenters. The number of sulfonamides is 1. The van der Waals surface area contributed by atoms with E-state index in [1.807, 2.05) is 6.92 Å². The number of rotatable bonds is 3. The number of ether oxygens (including phenoxy) is 1. The zero-order valence-corrected chi connectivity index (χ0v) is 16.4. The lowest BCUT2D eigenvalue weighted by Crippen LogP contribution is -2.40. The van der Waals surface area contributed by atoms with Crippen molar-refractivity contribution in [3.8, 4) is 0 Å². The number of methoxy groups -OCH3 is 1. The Kier molecular flexibility index (Phi) is 4.50. The average Bonchev–Trinajstić information content (AvgIpc) is 2.94. The van der Waals surface area contributed by atoms with Gasteiger partial charge in [0.05, 0.1) is 29.5 Å². The molecule has 0 N–H and O–H groups in total. The first-order chi connectivity index (χ1) is 12.8. The molecule has 1 atom stereocenters. The van der Waals surface area contributed by atoms with Gasteiger partial charge in [-0.3, -0.25) is 9.59 Å². The van der Waals surface area contributed by atoms with Crippen LogP contribution in [0.3, 0.4) is 0 Å². The number of benzene rings is 1. The zero-order chi connectivity index (χ0) is 19.3. The standard InChI is InChI=1S/C19H24N2O5S/c1-12-16-11-15(10-14-4-3-7-21(17(14)16)18(12)22)27(24,25)20-8-5-13(6-9-20)19(23)26-2/h10-13H,3-9H2,1-2H3/t12-/m1/s1. The summed E-state index contributed by atoms with van der Waals surface area (Å²) >= 11 is 0. The molecule has 1 amide bonds. The van der Waals surface area contributed by atoms with Crippen LogP contribution in [0.25, 0.3) is 0 Å². The van der Waals surface area contributed by atoms with Crippen molar-refractivity contribution in [2.24, 2.45) is 5.92 Å². The van der Waals surface area contributed by atoms with Crippen molar-refractivity contribution >= 4 is 27.6 Å². The molecule has 8 heteroatoms. The van der Waals surface area contributed by atoms with Gasteiger partial charge < -0.3 is 9.64 Å². The van der Waals surface area contributed by atoms with Crippen molar-refractivity contribution in [1.29, 1.82) is 0 Å². The summed E-state index contributed by atoms with van der Waals surface area (Å²) in [4.78, 5) is 26.2. The van der Waals surface area contributed by atoms with Crippen LogP contribution in [0.4, 0.5) is 5.69 Å². The normalized spacial score (nSPS) is 23.4. The number of esters is 1. The highest BCUT2D eigenvalue weighted by Gasteiger charge is 2.40. The van der Waals surface area contributed by atoms with Gasteiger partial charge in [-0.05, 0) is 55.9 Å². The van der Waals surface area contributed by atoms with Crippen LogP contribution in [0, 0.1) is 5.92 Å². The summed E-state index contributed by atoms with van der Waals surface area (Å²) in [6.45, 7) is 3.15. The quantitative estimate of drug-likeness (QED) is 0.731. The molecule has 0 spiro atoms. The van der Waals surface area contributed by atoms with E-state index in [2.05, 4.69) is 0 Å². The molecule has 0 aromatic heterocycles. The molecule has 146 valence electrons. The third-order valence-electron chi connectivity index (χ3n) is 6.02. The van der Waals surface area contributed by atoms with Gasteiger partial charge in [0, 0.05) is 19.6 Å². The van der Waals surface area contributed by atoms with E-state index in [9.17, 15) is 18.0 Å². The first-order valence-electron chi connectivity index (χ1n) is 9.40. The fraction of sp³-hybridized carbons (Fsp3) is 0.579. The van der Waals surface area contributed by atoms with Crippen LogP contribution in [0.1, 0.15) is 43.2 Å². The number of anilines is 1. The first-order valence-corrected chi connectivity index (χ1v) is 10.8. The van der Waals surface area contributed by atoms with Crippen molar-refractivity contribution in [3.63, 3.8) is 0 Å². The van der Waals surface area contributed by atoms with Gasteiger partial charge in [-0.15, -0.1) is 0 Å². The molecule has 4 rings (SSSR count). The summed E-state index contributed by atoms with van der Waals surface area (Å²) in [6, 6.07) is 3.41. The summed E-state index contributed by atoms with van der Waals surface area (Å²) in [6.07, 6.45) is 2.56. The predicted octanol–water partition coefficient (Wildman–Crippen LogP) is 1.66. The second kappa shape index (κ2) is 6.60. The number of hydrogen-bond acceptors (Lipinski definition) is 5. The molecule has 1 saturated heterocycles. The third kappa shape index (κ3) is 2.86. The highest BCUT2D eigenvalue weighted by molar-refractivity contribution is 7.89. The molecule has 3 aliphatic rings. The minimum Gasteiger partial charge on any atom is -0.469 e. The van der Waals surface area contributed by atoms with E-state index in [1.165, 1.54) is 11.4 Å². The lowest BCUT2D eigenvalue weighted by Gasteiger charge is -2.31. The number of hydrogen-bond donors (Lipinski definition) is 0. The molecule has 0 radical (unpaired) electrons. The van der Waals surface area contributed by atoms with E-state index in [1.54, 1.807) is 17.0 Å². The number of aryl methyl sites for hydroxylation is 1. The van der Waals surface area contributed by atoms with Gasteiger partial charge in [0.15, 0.2) is 0 Å². The van der Waals surface area contributed by atoms with Gasteiger partial charge >= 0.3 is 5.97 Å². The Labute approximate surface area is 159 Å². The van der Waals surface area contributed by atoms with Crippen LogP contribution in [-0.2, 0) is 30.8 Å². The molecule has 1 fully saturated rings. The lowest BCUT2D eigenvalue weighted by molar-refractivity contribution is -0.146. The Morgan fingerprint density at radius 3 is 2.56 bits per heavy atom. The lowest BCUT2D eigenvalue weighted by atomic mass is 9.97. The van der Waals surface area contributed by atoms with Crippen molar-refractivity contribution in [3.05, 3.63) is 23.3 Å². The molecule has 0 bridgehead atoms. The smallest absolute Gasteiger partial charge is 0.308 e. The SMILES string of the molecule is COC(=O)C1CCN(S(=O)(=O)c2cc3c4c(c2)[C@@H](C)C(=O)N4CCC3)CC1. The molecule has 7 nitrogen and oxygen atoms in total. The van der Waals surface area contributed by atoms with Gasteiger partial charge in [0.2, 0.25) is 15.9 Å². The van der Waals surface area contributed by atoms with E-state index >= 15 is 0 Å². The van der Waals surface area contributed by atoms with Crippen LogP contribution in [0.5, 0.6) is 0 Å². The molecule has 3 aliphatic heterocycles. The predicted molar refractivity (Wildman–Crippen MR) is 99.0 cm³/mol. The van der Waals surface area contributed by atoms with E-state index in [0.29, 0.717) is 32.5 Å². The fourth-order valence-corrected chi connectivity index (χ4v) is 6.02. The summed E-state index contributed by atoms with van der Waals surface area (Å²) in [5.74, 6) is -0.772. The number of carbonyl (C=O) groups excluding carboxylic acids is 2. The number of amides is 1. The van der Waals surface area contributed by atoms with Crippen LogP contribution < -0.4 is 4.90 Å². The highest BCUT2D eigenvalue weighted by atomic mass is 32.2. The van der Waals surface area contributed by atoms with Gasteiger partial charge in [-0.25, -0.2) is 8.42 Å². The van der Waals surface area contributed by atoms with Crippen molar-refractivity contribution in [2.75, 3.05) is 31.6 Å². The number of nitrogens with zero attached hydrogens (tertiary/aromatic N) is 2. The minimum atomic E-state index is -3.65. The molecule has 3 heterocycles. The third-order valence-corrected chi connectivity index (χ3v) is 7.90. The van der Waals surface area contributed by atoms with E-state index in [-0.39, 0.29) is 28.6 Å². The fourth-order valence-electron chi connectivity index (χ4n) is 4.46. The van der Waals surface area contributed by atoms with Crippen LogP contribution in [0.2, 0.25) is 0 Å². The summed E-state index contributed by atoms with van der Waals surface area (Å²) in [5.41, 5.74) is 2.68. The monoisotopic (exact) mass is 392 g/mol. The van der Waals surface area contributed by atoms with Gasteiger partial charge in [0.1, 0.15) is 0 Å². The zero-order valence-electron chi connectivity index (χ0n) is 15.6. The molecular weight excluding hydrogens is 368 g/mol. The molecule has 0 saturated carbocycles. The van der Waals surface area contributed by atoms with Gasteiger partial charge in [-0.1, -0.05) is 0 Å². The summed E-state index contributed by atoms with van der Waals surface area (Å²) < 4.78 is 32.6. The van der Waals surface area contributed by atoms with Crippen LogP contribution in [-0.4, -0.2) is 51.3 Å². The second-order valence-electron chi connectivity index (χ2n) is 7.54. The van der Waals surface area contributed by atoms with E-state index < -0.39 is 10.0 Å². The molecule has 0 aliphatic carbocycles. The highest BCUT2D eigenvalue weighted by Crippen LogP contribution is 2.44. The topological polar surface area (TPSA) is 84.0 Å². The van der Waals surface area contributed by atoms with E-state index in [4.69, 9.17) is 4.74 Å². The van der Waals surface area contributed by atoms with E-state index in [0.717, 1.165) is 29.7 Å². The number of carbonyl (C=O) groups is 2. The molecular formula is C19H24N2O5S. The summed E-state index contributed by atoms with van der Waals surface area (Å²) in [5, 5.41) is 0. The van der Waals surface area contributed by atoms with Gasteiger partial charge in [-0.2, -0.15) is 4.31 Å². The maximum atomic E-state index is 13.2. The number of piperidine rings is 1. The van der Waals surface area contributed by atoms with Crippen LogP contribution >= 0.6 is 0 Å². The molecule has 1 aromatic carbocycles. The maximum Gasteiger partial charge on any atom is 0.308 e. The van der Waals surface area contributed by atoms with Crippen molar-refractivity contribution in [2.45, 2.75) is 43.4 Å². The second-order valence-corrected chi connectivity index (χ2v) is 9.47. The Morgan fingerprint density at radius 2 is 1.89 bits per heavy atom. The summed E-state index contributed by atoms with van der Waals surface area (Å²) in [7, 11) is -2.30. The Balaban J connectivity index is 1.65. The molecule has 27 heavy (non-hydrogen) atoms. The van der Waals surface area contributed by atoms with Crippen LogP contribution in [0.15, 0.2) is 17.0 Å². The minimum absolute atomic E-state index is 0.0550. The Hall–Kier alpha value is -1.93. The first kappa shape index (κ1) is 18.4. The molecule has 1 aromatic rings. The van der Waals surface area contributed by atoms with Gasteiger partial charge in [0.25, 0.3) is 0 Å². The largest absolute Gasteiger partial charge is 0.469 e. The maximum absolute atomic E-state index is 13.2. The Bertz CT molecular complexity index is 903. The van der Waals surface area contributed by atoms with Crippen molar-refractivity contribution < 1.29 is 22.7 Å². The van der Waals surface area contributed by atoms with Crippen molar-refractivity contribution in [1.82, 2.24) is 4.31 Å². The Morgan fingerprint density at radius 1 is 1.19 bits per heavy atom.